The molecule has 0 aliphatic rings. The summed E-state index contributed by atoms with van der Waals surface area (Å²) in [5, 5.41) is 3.47. The second kappa shape index (κ2) is 8.39. The van der Waals surface area contributed by atoms with E-state index >= 15 is 0 Å². The number of rotatable bonds is 6. The van der Waals surface area contributed by atoms with Crippen molar-refractivity contribution in [1.82, 2.24) is 10.3 Å². The molecule has 1 atom stereocenters. The quantitative estimate of drug-likeness (QED) is 0.688. The summed E-state index contributed by atoms with van der Waals surface area (Å²) < 4.78 is 6.13. The molecule has 0 aliphatic heterocycles. The summed E-state index contributed by atoms with van der Waals surface area (Å²) in [6.45, 7) is 3.81. The van der Waals surface area contributed by atoms with Crippen molar-refractivity contribution >= 4 is 38.5 Å². The van der Waals surface area contributed by atoms with Crippen LogP contribution in [0.2, 0.25) is 0 Å². The molecular weight excluding hydrogens is 374 g/mol. The Morgan fingerprint density at radius 3 is 2.39 bits per heavy atom. The zero-order valence-electron chi connectivity index (χ0n) is 16.3. The van der Waals surface area contributed by atoms with Gasteiger partial charge in [-0.05, 0) is 42.3 Å². The Morgan fingerprint density at radius 1 is 1.11 bits per heavy atom. The number of amides is 2. The number of hydrogen-bond acceptors (Lipinski definition) is 5. The van der Waals surface area contributed by atoms with Gasteiger partial charge in [-0.1, -0.05) is 37.3 Å². The molecule has 2 amide bonds. The third-order valence-electron chi connectivity index (χ3n) is 4.47. The molecule has 0 aliphatic carbocycles. The minimum Gasteiger partial charge on any atom is -0.497 e. The highest BCUT2D eigenvalue weighted by Crippen LogP contribution is 2.28. The third-order valence-corrected chi connectivity index (χ3v) is 5.58. The van der Waals surface area contributed by atoms with Crippen molar-refractivity contribution in [2.75, 3.05) is 19.1 Å². The Labute approximate surface area is 168 Å². The minimum atomic E-state index is -0.661. The van der Waals surface area contributed by atoms with Crippen LogP contribution >= 0.6 is 11.3 Å². The van der Waals surface area contributed by atoms with Crippen molar-refractivity contribution in [2.24, 2.45) is 5.92 Å². The molecule has 3 rings (SSSR count). The number of benzene rings is 2. The fourth-order valence-electron chi connectivity index (χ4n) is 2.79. The van der Waals surface area contributed by atoms with Crippen LogP contribution in [0.4, 0.5) is 5.13 Å². The predicted octanol–water partition coefficient (Wildman–Crippen LogP) is 3.72. The van der Waals surface area contributed by atoms with Gasteiger partial charge in [0.2, 0.25) is 0 Å². The average molecular weight is 398 g/mol. The zero-order valence-corrected chi connectivity index (χ0v) is 17.1. The topological polar surface area (TPSA) is 71.5 Å². The number of nitrogens with zero attached hydrogens (tertiary/aromatic N) is 2. The molecule has 146 valence electrons. The lowest BCUT2D eigenvalue weighted by molar-refractivity contribution is -0.121. The standard InChI is InChI=1S/C21H23N3O3S/c1-13(2)18(23-19(25)14-9-11-15(27-4)12-10-14)20(26)24(3)21-22-16-7-5-6-8-17(16)28-21/h5-13,18H,1-4H3,(H,23,25). The van der Waals surface area contributed by atoms with Gasteiger partial charge >= 0.3 is 0 Å². The van der Waals surface area contributed by atoms with Gasteiger partial charge < -0.3 is 10.1 Å². The first-order valence-electron chi connectivity index (χ1n) is 8.98. The van der Waals surface area contributed by atoms with Crippen LogP contribution < -0.4 is 15.0 Å². The van der Waals surface area contributed by atoms with Gasteiger partial charge in [-0.25, -0.2) is 4.98 Å². The third kappa shape index (κ3) is 4.14. The molecule has 28 heavy (non-hydrogen) atoms. The number of anilines is 1. The second-order valence-electron chi connectivity index (χ2n) is 6.79. The normalized spacial score (nSPS) is 12.0. The van der Waals surface area contributed by atoms with Crippen molar-refractivity contribution in [3.05, 3.63) is 54.1 Å². The first kappa shape index (κ1) is 19.8. The van der Waals surface area contributed by atoms with Gasteiger partial charge in [0.25, 0.3) is 11.8 Å². The second-order valence-corrected chi connectivity index (χ2v) is 7.79. The molecule has 2 aromatic carbocycles. The van der Waals surface area contributed by atoms with E-state index in [4.69, 9.17) is 4.74 Å². The molecule has 0 saturated carbocycles. The zero-order chi connectivity index (χ0) is 20.3. The van der Waals surface area contributed by atoms with Crippen LogP contribution in [-0.2, 0) is 4.79 Å². The Balaban J connectivity index is 1.78. The molecule has 7 heteroatoms. The van der Waals surface area contributed by atoms with Gasteiger partial charge in [0, 0.05) is 12.6 Å². The van der Waals surface area contributed by atoms with E-state index in [9.17, 15) is 9.59 Å². The molecule has 1 heterocycles. The SMILES string of the molecule is COc1ccc(C(=O)NC(C(=O)N(C)c2nc3ccccc3s2)C(C)C)cc1. The van der Waals surface area contributed by atoms with E-state index < -0.39 is 6.04 Å². The monoisotopic (exact) mass is 397 g/mol. The van der Waals surface area contributed by atoms with Gasteiger partial charge in [0.1, 0.15) is 11.8 Å². The molecule has 0 fully saturated rings. The summed E-state index contributed by atoms with van der Waals surface area (Å²) in [7, 11) is 3.26. The summed E-state index contributed by atoms with van der Waals surface area (Å²) in [5.74, 6) is 0.0958. The van der Waals surface area contributed by atoms with Crippen LogP contribution in [0.3, 0.4) is 0 Å². The maximum absolute atomic E-state index is 13.1. The van der Waals surface area contributed by atoms with Crippen LogP contribution in [0.5, 0.6) is 5.75 Å². The molecule has 3 aromatic rings. The van der Waals surface area contributed by atoms with E-state index in [-0.39, 0.29) is 17.7 Å². The van der Waals surface area contributed by atoms with Crippen molar-refractivity contribution < 1.29 is 14.3 Å². The molecule has 0 radical (unpaired) electrons. The number of likely N-dealkylation sites (N-methyl/N-ethyl adjacent to an activating group) is 1. The Kier molecular flexibility index (Phi) is 5.94. The van der Waals surface area contributed by atoms with Crippen LogP contribution in [0, 0.1) is 5.92 Å². The number of hydrogen-bond donors (Lipinski definition) is 1. The lowest BCUT2D eigenvalue weighted by Gasteiger charge is -2.25. The van der Waals surface area contributed by atoms with E-state index in [0.29, 0.717) is 16.4 Å². The molecule has 6 nitrogen and oxygen atoms in total. The number of fused-ring (bicyclic) bond motifs is 1. The van der Waals surface area contributed by atoms with Gasteiger partial charge in [-0.15, -0.1) is 0 Å². The first-order valence-corrected chi connectivity index (χ1v) is 9.80. The number of ether oxygens (including phenoxy) is 1. The van der Waals surface area contributed by atoms with Crippen LogP contribution in [0.1, 0.15) is 24.2 Å². The summed E-state index contributed by atoms with van der Waals surface area (Å²) in [4.78, 5) is 31.8. The number of carbonyl (C=O) groups excluding carboxylic acids is 2. The Morgan fingerprint density at radius 2 is 1.79 bits per heavy atom. The largest absolute Gasteiger partial charge is 0.497 e. The van der Waals surface area contributed by atoms with E-state index in [2.05, 4.69) is 10.3 Å². The molecule has 1 aromatic heterocycles. The lowest BCUT2D eigenvalue weighted by atomic mass is 10.0. The van der Waals surface area contributed by atoms with Gasteiger partial charge in [-0.2, -0.15) is 0 Å². The van der Waals surface area contributed by atoms with E-state index in [1.807, 2.05) is 38.1 Å². The summed E-state index contributed by atoms with van der Waals surface area (Å²) in [6.07, 6.45) is 0. The van der Waals surface area contributed by atoms with E-state index in [0.717, 1.165) is 10.2 Å². The lowest BCUT2D eigenvalue weighted by Crippen LogP contribution is -2.50. The molecule has 0 spiro atoms. The Bertz CT molecular complexity index is 949. The Hall–Kier alpha value is -2.93. The highest BCUT2D eigenvalue weighted by Gasteiger charge is 2.29. The predicted molar refractivity (Wildman–Crippen MR) is 112 cm³/mol. The molecule has 1 N–H and O–H groups in total. The minimum absolute atomic E-state index is 0.0773. The summed E-state index contributed by atoms with van der Waals surface area (Å²) in [5.41, 5.74) is 1.33. The van der Waals surface area contributed by atoms with E-state index in [1.54, 1.807) is 38.4 Å². The fourth-order valence-corrected chi connectivity index (χ4v) is 3.72. The summed E-state index contributed by atoms with van der Waals surface area (Å²) >= 11 is 1.45. The van der Waals surface area contributed by atoms with Crippen LogP contribution in [0.25, 0.3) is 10.2 Å². The number of carbonyl (C=O) groups is 2. The molecule has 0 saturated heterocycles. The summed E-state index contributed by atoms with van der Waals surface area (Å²) in [6, 6.07) is 13.9. The average Bonchev–Trinajstić information content (AvgIpc) is 3.14. The van der Waals surface area contributed by atoms with Gasteiger partial charge in [0.05, 0.1) is 17.3 Å². The van der Waals surface area contributed by atoms with Crippen molar-refractivity contribution in [2.45, 2.75) is 19.9 Å². The number of aromatic nitrogens is 1. The number of methoxy groups -OCH3 is 1. The van der Waals surface area contributed by atoms with Crippen molar-refractivity contribution in [3.63, 3.8) is 0 Å². The number of thiazole rings is 1. The highest BCUT2D eigenvalue weighted by molar-refractivity contribution is 7.22. The van der Waals surface area contributed by atoms with Gasteiger partial charge in [0.15, 0.2) is 5.13 Å². The number of nitrogens with one attached hydrogen (secondary N) is 1. The molecule has 1 unspecified atom stereocenters. The highest BCUT2D eigenvalue weighted by atomic mass is 32.1. The number of para-hydroxylation sites is 1. The van der Waals surface area contributed by atoms with E-state index in [1.165, 1.54) is 16.2 Å². The van der Waals surface area contributed by atoms with Crippen molar-refractivity contribution in [3.8, 4) is 5.75 Å². The maximum atomic E-state index is 13.1. The van der Waals surface area contributed by atoms with Crippen LogP contribution in [-0.4, -0.2) is 37.0 Å². The van der Waals surface area contributed by atoms with Crippen molar-refractivity contribution in [1.29, 1.82) is 0 Å². The smallest absolute Gasteiger partial charge is 0.251 e. The van der Waals surface area contributed by atoms with Gasteiger partial charge in [-0.3, -0.25) is 14.5 Å². The molecular formula is C21H23N3O3S. The fraction of sp³-hybridized carbons (Fsp3) is 0.286. The van der Waals surface area contributed by atoms with Crippen LogP contribution in [0.15, 0.2) is 48.5 Å². The molecule has 0 bridgehead atoms. The maximum Gasteiger partial charge on any atom is 0.251 e. The first-order chi connectivity index (χ1) is 13.4.